The Morgan fingerprint density at radius 3 is 2.26 bits per heavy atom. The molecule has 0 spiro atoms. The van der Waals surface area contributed by atoms with Crippen LogP contribution in [-0.2, 0) is 32.1 Å². The summed E-state index contributed by atoms with van der Waals surface area (Å²) in [6, 6.07) is 13.0. The summed E-state index contributed by atoms with van der Waals surface area (Å²) in [6.07, 6.45) is -0.0307. The van der Waals surface area contributed by atoms with Gasteiger partial charge in [-0.25, -0.2) is 4.79 Å². The Hall–Kier alpha value is -3.59. The smallest absolute Gasteiger partial charge is 0.328 e. The highest BCUT2D eigenvalue weighted by atomic mass is 16.5. The summed E-state index contributed by atoms with van der Waals surface area (Å²) < 4.78 is 16.2. The molecule has 1 unspecified atom stereocenters. The number of ether oxygens (including phenoxy) is 3. The van der Waals surface area contributed by atoms with Crippen molar-refractivity contribution in [3.05, 3.63) is 59.7 Å². The summed E-state index contributed by atoms with van der Waals surface area (Å²) in [7, 11) is 2.77. The second kappa shape index (κ2) is 12.8. The van der Waals surface area contributed by atoms with Crippen LogP contribution < -0.4 is 20.1 Å². The van der Waals surface area contributed by atoms with Crippen LogP contribution in [0.25, 0.3) is 0 Å². The normalized spacial score (nSPS) is 12.7. The van der Waals surface area contributed by atoms with E-state index in [0.29, 0.717) is 23.7 Å². The largest absolute Gasteiger partial charge is 0.493 e. The number of carbonyl (C=O) groups is 3. The number of carbonyl (C=O) groups excluding carboxylic acids is 3. The molecule has 0 aliphatic carbocycles. The van der Waals surface area contributed by atoms with Crippen molar-refractivity contribution in [2.45, 2.75) is 57.9 Å². The van der Waals surface area contributed by atoms with Gasteiger partial charge in [0.25, 0.3) is 0 Å². The Morgan fingerprint density at radius 2 is 1.66 bits per heavy atom. The average Bonchev–Trinajstić information content (AvgIpc) is 2.81. The molecule has 2 atom stereocenters. The van der Waals surface area contributed by atoms with Crippen molar-refractivity contribution in [2.75, 3.05) is 14.2 Å². The zero-order valence-corrected chi connectivity index (χ0v) is 20.8. The Balaban J connectivity index is 2.10. The maximum absolute atomic E-state index is 12.7. The van der Waals surface area contributed by atoms with Gasteiger partial charge in [-0.3, -0.25) is 9.59 Å². The molecule has 0 aromatic heterocycles. The third-order valence-corrected chi connectivity index (χ3v) is 5.07. The van der Waals surface area contributed by atoms with Gasteiger partial charge in [-0.1, -0.05) is 36.4 Å². The predicted octanol–water partition coefficient (Wildman–Crippen LogP) is 2.14. The maximum Gasteiger partial charge on any atom is 0.328 e. The second-order valence-corrected chi connectivity index (χ2v) is 8.83. The summed E-state index contributed by atoms with van der Waals surface area (Å²) in [4.78, 5) is 37.1. The number of esters is 1. The predicted molar refractivity (Wildman–Crippen MR) is 130 cm³/mol. The quantitative estimate of drug-likeness (QED) is 0.393. The molecule has 190 valence electrons. The summed E-state index contributed by atoms with van der Waals surface area (Å²) in [5, 5.41) is 14.9. The highest BCUT2D eigenvalue weighted by Crippen LogP contribution is 2.29. The SMILES string of the molecule is COC(=O)C(Cc1ccc(OC)c(OCc2ccccc2)c1)NC(=O)[C@@H](C)NC(=O)CC(C)(C)O. The molecular weight excluding hydrogens is 452 g/mol. The van der Waals surface area contributed by atoms with E-state index >= 15 is 0 Å². The number of hydrogen-bond donors (Lipinski definition) is 3. The van der Waals surface area contributed by atoms with Gasteiger partial charge >= 0.3 is 5.97 Å². The van der Waals surface area contributed by atoms with Gasteiger partial charge < -0.3 is 30.0 Å². The first-order chi connectivity index (χ1) is 16.5. The summed E-state index contributed by atoms with van der Waals surface area (Å²) >= 11 is 0. The van der Waals surface area contributed by atoms with Crippen LogP contribution in [0, 0.1) is 0 Å². The van der Waals surface area contributed by atoms with Crippen LogP contribution in [0.5, 0.6) is 11.5 Å². The number of hydrogen-bond acceptors (Lipinski definition) is 7. The molecule has 3 N–H and O–H groups in total. The van der Waals surface area contributed by atoms with E-state index in [1.807, 2.05) is 30.3 Å². The fourth-order valence-corrected chi connectivity index (χ4v) is 3.32. The van der Waals surface area contributed by atoms with E-state index in [1.54, 1.807) is 18.2 Å². The average molecular weight is 487 g/mol. The lowest BCUT2D eigenvalue weighted by Gasteiger charge is -2.22. The third-order valence-electron chi connectivity index (χ3n) is 5.07. The summed E-state index contributed by atoms with van der Waals surface area (Å²) in [6.45, 7) is 4.82. The summed E-state index contributed by atoms with van der Waals surface area (Å²) in [5.41, 5.74) is 0.493. The Labute approximate surface area is 205 Å². The van der Waals surface area contributed by atoms with Crippen molar-refractivity contribution >= 4 is 17.8 Å². The molecule has 0 heterocycles. The molecule has 2 amide bonds. The highest BCUT2D eigenvalue weighted by Gasteiger charge is 2.27. The van der Waals surface area contributed by atoms with Crippen molar-refractivity contribution in [3.63, 3.8) is 0 Å². The van der Waals surface area contributed by atoms with Crippen molar-refractivity contribution in [3.8, 4) is 11.5 Å². The van der Waals surface area contributed by atoms with E-state index < -0.39 is 35.5 Å². The number of rotatable bonds is 12. The molecule has 2 aromatic carbocycles. The standard InChI is InChI=1S/C26H34N2O7/c1-17(27-23(29)15-26(2,3)32)24(30)28-20(25(31)34-5)13-19-11-12-21(33-4)22(14-19)35-16-18-9-7-6-8-10-18/h6-12,14,17,20,32H,13,15-16H2,1-5H3,(H,27,29)(H,28,30)/t17-,20?/m1/s1. The van der Waals surface area contributed by atoms with Crippen molar-refractivity contribution in [1.82, 2.24) is 10.6 Å². The van der Waals surface area contributed by atoms with Gasteiger partial charge in [-0.2, -0.15) is 0 Å². The third kappa shape index (κ3) is 9.29. The van der Waals surface area contributed by atoms with E-state index in [2.05, 4.69) is 10.6 Å². The first kappa shape index (κ1) is 27.7. The monoisotopic (exact) mass is 486 g/mol. The lowest BCUT2D eigenvalue weighted by Crippen LogP contribution is -2.51. The molecule has 0 fully saturated rings. The molecule has 0 aliphatic rings. The van der Waals surface area contributed by atoms with Crippen LogP contribution in [-0.4, -0.2) is 54.8 Å². The van der Waals surface area contributed by atoms with Crippen molar-refractivity contribution < 1.29 is 33.7 Å². The molecule has 2 rings (SSSR count). The first-order valence-corrected chi connectivity index (χ1v) is 11.3. The molecule has 0 bridgehead atoms. The zero-order valence-electron chi connectivity index (χ0n) is 20.8. The van der Waals surface area contributed by atoms with Crippen LogP contribution in [0.15, 0.2) is 48.5 Å². The Morgan fingerprint density at radius 1 is 0.971 bits per heavy atom. The van der Waals surface area contributed by atoms with E-state index in [9.17, 15) is 19.5 Å². The minimum atomic E-state index is -1.20. The number of nitrogens with one attached hydrogen (secondary N) is 2. The van der Waals surface area contributed by atoms with E-state index in [4.69, 9.17) is 14.2 Å². The Bertz CT molecular complexity index is 1000. The minimum absolute atomic E-state index is 0.133. The molecule has 35 heavy (non-hydrogen) atoms. The Kier molecular flexibility index (Phi) is 10.1. The molecule has 0 saturated carbocycles. The highest BCUT2D eigenvalue weighted by molar-refractivity contribution is 5.90. The number of aliphatic hydroxyl groups is 1. The molecule has 0 saturated heterocycles. The fraction of sp³-hybridized carbons (Fsp3) is 0.423. The lowest BCUT2D eigenvalue weighted by molar-refractivity contribution is -0.145. The summed E-state index contributed by atoms with van der Waals surface area (Å²) in [5.74, 6) is -0.637. The van der Waals surface area contributed by atoms with Crippen molar-refractivity contribution in [1.29, 1.82) is 0 Å². The van der Waals surface area contributed by atoms with Gasteiger partial charge in [-0.05, 0) is 44.0 Å². The van der Waals surface area contributed by atoms with Gasteiger partial charge in [0.15, 0.2) is 11.5 Å². The van der Waals surface area contributed by atoms with E-state index in [-0.39, 0.29) is 12.8 Å². The van der Waals surface area contributed by atoms with E-state index in [1.165, 1.54) is 35.0 Å². The van der Waals surface area contributed by atoms with Gasteiger partial charge in [0.1, 0.15) is 18.7 Å². The molecule has 9 heteroatoms. The van der Waals surface area contributed by atoms with Gasteiger partial charge in [0.2, 0.25) is 11.8 Å². The van der Waals surface area contributed by atoms with Crippen LogP contribution in [0.3, 0.4) is 0 Å². The number of methoxy groups -OCH3 is 2. The van der Waals surface area contributed by atoms with Gasteiger partial charge in [-0.15, -0.1) is 0 Å². The number of amides is 2. The second-order valence-electron chi connectivity index (χ2n) is 8.83. The maximum atomic E-state index is 12.7. The molecule has 0 aliphatic heterocycles. The first-order valence-electron chi connectivity index (χ1n) is 11.3. The molecule has 2 aromatic rings. The zero-order chi connectivity index (χ0) is 26.0. The van der Waals surface area contributed by atoms with Crippen LogP contribution in [0.4, 0.5) is 0 Å². The number of benzene rings is 2. The lowest BCUT2D eigenvalue weighted by atomic mass is 10.0. The van der Waals surface area contributed by atoms with Gasteiger partial charge in [0, 0.05) is 6.42 Å². The molecule has 0 radical (unpaired) electrons. The fourth-order valence-electron chi connectivity index (χ4n) is 3.32. The topological polar surface area (TPSA) is 123 Å². The van der Waals surface area contributed by atoms with Crippen LogP contribution in [0.2, 0.25) is 0 Å². The molecule has 9 nitrogen and oxygen atoms in total. The van der Waals surface area contributed by atoms with Crippen molar-refractivity contribution in [2.24, 2.45) is 0 Å². The van der Waals surface area contributed by atoms with E-state index in [0.717, 1.165) is 5.56 Å². The van der Waals surface area contributed by atoms with Crippen LogP contribution >= 0.6 is 0 Å². The van der Waals surface area contributed by atoms with Crippen LogP contribution in [0.1, 0.15) is 38.3 Å². The molecular formula is C26H34N2O7. The minimum Gasteiger partial charge on any atom is -0.493 e. The van der Waals surface area contributed by atoms with Gasteiger partial charge in [0.05, 0.1) is 26.2 Å².